The summed E-state index contributed by atoms with van der Waals surface area (Å²) < 4.78 is 34.6. The number of piperidine rings is 1. The van der Waals surface area contributed by atoms with Crippen molar-refractivity contribution >= 4 is 33.1 Å². The van der Waals surface area contributed by atoms with Gasteiger partial charge in [-0.2, -0.15) is 0 Å². The van der Waals surface area contributed by atoms with Crippen molar-refractivity contribution in [1.29, 1.82) is 0 Å². The van der Waals surface area contributed by atoms with Gasteiger partial charge in [-0.3, -0.25) is 14.3 Å². The van der Waals surface area contributed by atoms with Gasteiger partial charge in [-0.15, -0.1) is 0 Å². The maximum atomic E-state index is 13.1. The molecule has 0 atom stereocenters. The van der Waals surface area contributed by atoms with Crippen molar-refractivity contribution in [3.63, 3.8) is 0 Å². The van der Waals surface area contributed by atoms with Gasteiger partial charge >= 0.3 is 0 Å². The molecule has 3 aromatic rings. The number of aromatic nitrogens is 2. The van der Waals surface area contributed by atoms with Crippen LogP contribution in [0.15, 0.2) is 65.8 Å². The molecule has 5 rings (SSSR count). The summed E-state index contributed by atoms with van der Waals surface area (Å²) in [4.78, 5) is 33.9. The number of carbonyl (C=O) groups excluding carboxylic acids is 2. The van der Waals surface area contributed by atoms with E-state index in [0.29, 0.717) is 79.9 Å². The van der Waals surface area contributed by atoms with Crippen LogP contribution in [0, 0.1) is 11.8 Å². The number of anilines is 2. The molecule has 210 valence electrons. The number of ketones is 1. The van der Waals surface area contributed by atoms with Gasteiger partial charge in [0.15, 0.2) is 11.6 Å². The van der Waals surface area contributed by atoms with E-state index >= 15 is 0 Å². The fourth-order valence-electron chi connectivity index (χ4n) is 5.11. The molecule has 0 bridgehead atoms. The second kappa shape index (κ2) is 12.0. The molecule has 2 aromatic carbocycles. The number of nitrogens with zero attached hydrogens (tertiary/aromatic N) is 3. The number of carbonyl (C=O) groups is 2. The molecule has 0 unspecified atom stereocenters. The Labute approximate surface area is 234 Å². The number of sulfonamides is 1. The topological polar surface area (TPSA) is 145 Å². The van der Waals surface area contributed by atoms with Crippen molar-refractivity contribution in [1.82, 2.24) is 9.97 Å². The molecule has 40 heavy (non-hydrogen) atoms. The molecule has 2 aliphatic rings. The van der Waals surface area contributed by atoms with E-state index in [-0.39, 0.29) is 16.7 Å². The minimum atomic E-state index is -3.82. The van der Waals surface area contributed by atoms with Crippen molar-refractivity contribution in [3.05, 3.63) is 60.9 Å². The number of hydrogen-bond donors (Lipinski definition) is 2. The molecule has 3 N–H and O–H groups in total. The van der Waals surface area contributed by atoms with Gasteiger partial charge in [0.2, 0.25) is 5.91 Å². The van der Waals surface area contributed by atoms with Gasteiger partial charge in [0.25, 0.3) is 10.0 Å². The molecule has 1 aliphatic heterocycles. The third-order valence-corrected chi connectivity index (χ3v) is 8.96. The van der Waals surface area contributed by atoms with Crippen molar-refractivity contribution in [2.75, 3.05) is 29.3 Å². The van der Waals surface area contributed by atoms with Crippen LogP contribution in [0.4, 0.5) is 11.4 Å². The third kappa shape index (κ3) is 6.77. The van der Waals surface area contributed by atoms with Crippen molar-refractivity contribution in [2.24, 2.45) is 17.6 Å². The lowest BCUT2D eigenvalue weighted by Crippen LogP contribution is -2.38. The lowest BCUT2D eigenvalue weighted by molar-refractivity contribution is -0.122. The van der Waals surface area contributed by atoms with Gasteiger partial charge in [0, 0.05) is 48.8 Å². The maximum absolute atomic E-state index is 13.1. The van der Waals surface area contributed by atoms with E-state index in [9.17, 15) is 18.0 Å². The third-order valence-electron chi connectivity index (χ3n) is 7.56. The van der Waals surface area contributed by atoms with Gasteiger partial charge in [-0.1, -0.05) is 12.1 Å². The lowest BCUT2D eigenvalue weighted by Gasteiger charge is -2.32. The Morgan fingerprint density at radius 1 is 1.00 bits per heavy atom. The second-order valence-corrected chi connectivity index (χ2v) is 12.1. The monoisotopic (exact) mass is 563 g/mol. The fraction of sp³-hybridized carbons (Fsp3) is 0.379. The summed E-state index contributed by atoms with van der Waals surface area (Å²) in [5.41, 5.74) is 7.38. The summed E-state index contributed by atoms with van der Waals surface area (Å²) >= 11 is 0. The van der Waals surface area contributed by atoms with Crippen LogP contribution < -0.4 is 20.1 Å². The molecule has 0 spiro atoms. The quantitative estimate of drug-likeness (QED) is 0.400. The largest absolute Gasteiger partial charge is 0.490 e. The Morgan fingerprint density at radius 3 is 2.33 bits per heavy atom. The van der Waals surface area contributed by atoms with E-state index in [1.807, 2.05) is 6.07 Å². The maximum Gasteiger partial charge on any atom is 0.261 e. The molecule has 1 aromatic heterocycles. The number of hydrogen-bond acceptors (Lipinski definition) is 8. The highest BCUT2D eigenvalue weighted by Crippen LogP contribution is 2.27. The molecular weight excluding hydrogens is 530 g/mol. The number of rotatable bonds is 9. The predicted octanol–water partition coefficient (Wildman–Crippen LogP) is 3.78. The summed E-state index contributed by atoms with van der Waals surface area (Å²) in [5, 5.41) is 0. The SMILES string of the molecule is NC(=O)C1CCN(c2ccc(S(=O)(=O)Nc3cccc(-c4ncc(OCC5CCC(=O)CC5)cn4)c3)cc2)CC1. The first-order valence-electron chi connectivity index (χ1n) is 13.5. The summed E-state index contributed by atoms with van der Waals surface area (Å²) in [6.45, 7) is 1.92. The van der Waals surface area contributed by atoms with E-state index in [0.717, 1.165) is 18.5 Å². The Hall–Kier alpha value is -3.99. The van der Waals surface area contributed by atoms with E-state index in [4.69, 9.17) is 10.5 Å². The average Bonchev–Trinajstić information content (AvgIpc) is 2.97. The average molecular weight is 564 g/mol. The number of primary amides is 1. The fourth-order valence-corrected chi connectivity index (χ4v) is 6.16. The first kappa shape index (κ1) is 27.6. The number of nitrogens with two attached hydrogens (primary N) is 1. The predicted molar refractivity (Wildman–Crippen MR) is 151 cm³/mol. The van der Waals surface area contributed by atoms with Crippen LogP contribution in [0.25, 0.3) is 11.4 Å². The van der Waals surface area contributed by atoms with Crippen molar-refractivity contribution < 1.29 is 22.7 Å². The number of benzene rings is 2. The van der Waals surface area contributed by atoms with Crippen LogP contribution in [0.2, 0.25) is 0 Å². The van der Waals surface area contributed by atoms with Gasteiger partial charge in [0.1, 0.15) is 5.78 Å². The molecule has 1 saturated heterocycles. The highest BCUT2D eigenvalue weighted by atomic mass is 32.2. The van der Waals surface area contributed by atoms with E-state index < -0.39 is 10.0 Å². The molecule has 0 radical (unpaired) electrons. The highest BCUT2D eigenvalue weighted by molar-refractivity contribution is 7.92. The number of nitrogens with one attached hydrogen (secondary N) is 1. The number of amides is 1. The Balaban J connectivity index is 1.19. The normalized spacial score (nSPS) is 17.0. The molecule has 2 fully saturated rings. The van der Waals surface area contributed by atoms with Gasteiger partial charge in [-0.25, -0.2) is 18.4 Å². The first-order valence-corrected chi connectivity index (χ1v) is 15.0. The zero-order valence-electron chi connectivity index (χ0n) is 22.2. The van der Waals surface area contributed by atoms with Crippen LogP contribution in [0.5, 0.6) is 5.75 Å². The van der Waals surface area contributed by atoms with Crippen LogP contribution in [-0.4, -0.2) is 49.8 Å². The summed E-state index contributed by atoms with van der Waals surface area (Å²) in [7, 11) is -3.82. The summed E-state index contributed by atoms with van der Waals surface area (Å²) in [5.74, 6) is 1.31. The van der Waals surface area contributed by atoms with E-state index in [1.54, 1.807) is 54.9 Å². The molecule has 2 heterocycles. The van der Waals surface area contributed by atoms with Crippen LogP contribution >= 0.6 is 0 Å². The minimum Gasteiger partial charge on any atom is -0.490 e. The highest BCUT2D eigenvalue weighted by Gasteiger charge is 2.24. The van der Waals surface area contributed by atoms with Crippen molar-refractivity contribution in [3.8, 4) is 17.1 Å². The zero-order chi connectivity index (χ0) is 28.1. The second-order valence-electron chi connectivity index (χ2n) is 10.4. The summed E-state index contributed by atoms with van der Waals surface area (Å²) in [6, 6.07) is 13.6. The van der Waals surface area contributed by atoms with Gasteiger partial charge in [0.05, 0.1) is 23.9 Å². The number of ether oxygens (including phenoxy) is 1. The molecule has 1 aliphatic carbocycles. The Bertz CT molecular complexity index is 1440. The molecule has 10 nitrogen and oxygen atoms in total. The standard InChI is InChI=1S/C29H33N5O5S/c30-28(36)21-12-14-34(15-13-21)24-6-10-27(11-7-24)40(37,38)33-23-3-1-2-22(16-23)29-31-17-26(18-32-29)39-19-20-4-8-25(35)9-5-20/h1-3,6-7,10-11,16-18,20-21,33H,4-5,8-9,12-15,19H2,(H2,30,36). The van der Waals surface area contributed by atoms with Crippen LogP contribution in [0.3, 0.4) is 0 Å². The molecular formula is C29H33N5O5S. The van der Waals surface area contributed by atoms with Gasteiger partial charge in [-0.05, 0) is 68.0 Å². The zero-order valence-corrected chi connectivity index (χ0v) is 23.0. The smallest absolute Gasteiger partial charge is 0.261 e. The molecule has 1 amide bonds. The minimum absolute atomic E-state index is 0.104. The van der Waals surface area contributed by atoms with Crippen molar-refractivity contribution in [2.45, 2.75) is 43.4 Å². The molecule has 1 saturated carbocycles. The van der Waals surface area contributed by atoms with Crippen LogP contribution in [-0.2, 0) is 19.6 Å². The molecule has 11 heteroatoms. The van der Waals surface area contributed by atoms with E-state index in [2.05, 4.69) is 19.6 Å². The lowest BCUT2D eigenvalue weighted by atomic mass is 9.89. The Kier molecular flexibility index (Phi) is 8.29. The number of Topliss-reactive ketones (excluding diaryl/α,β-unsaturated/α-hetero) is 1. The summed E-state index contributed by atoms with van der Waals surface area (Å²) in [6.07, 6.45) is 7.52. The first-order chi connectivity index (χ1) is 19.3. The van der Waals surface area contributed by atoms with Gasteiger partial charge < -0.3 is 15.4 Å². The Morgan fingerprint density at radius 2 is 1.68 bits per heavy atom. The van der Waals surface area contributed by atoms with Crippen LogP contribution in [0.1, 0.15) is 38.5 Å². The van der Waals surface area contributed by atoms with E-state index in [1.165, 1.54) is 0 Å².